The SMILES string of the molecule is CN(C)S(=O)(=O)c1cccc(NC(=O)CCCNC(=O)c2ccc(Cl)cc2)c1. The van der Waals surface area contributed by atoms with Crippen LogP contribution in [-0.2, 0) is 14.8 Å². The van der Waals surface area contributed by atoms with E-state index in [-0.39, 0.29) is 23.1 Å². The highest BCUT2D eigenvalue weighted by Gasteiger charge is 2.17. The molecule has 150 valence electrons. The lowest BCUT2D eigenvalue weighted by Gasteiger charge is -2.12. The van der Waals surface area contributed by atoms with Crippen LogP contribution in [0.15, 0.2) is 53.4 Å². The van der Waals surface area contributed by atoms with Crippen molar-refractivity contribution in [2.24, 2.45) is 0 Å². The fourth-order valence-corrected chi connectivity index (χ4v) is 3.40. The van der Waals surface area contributed by atoms with Crippen LogP contribution in [0.1, 0.15) is 23.2 Å². The normalized spacial score (nSPS) is 11.3. The lowest BCUT2D eigenvalue weighted by Crippen LogP contribution is -2.25. The van der Waals surface area contributed by atoms with Gasteiger partial charge in [-0.25, -0.2) is 12.7 Å². The molecule has 0 aliphatic heterocycles. The third kappa shape index (κ3) is 6.05. The van der Waals surface area contributed by atoms with Crippen LogP contribution in [0.5, 0.6) is 0 Å². The van der Waals surface area contributed by atoms with Crippen LogP contribution >= 0.6 is 11.6 Å². The molecule has 2 amide bonds. The number of hydrogen-bond donors (Lipinski definition) is 2. The van der Waals surface area contributed by atoms with Crippen molar-refractivity contribution in [3.8, 4) is 0 Å². The minimum atomic E-state index is -3.57. The summed E-state index contributed by atoms with van der Waals surface area (Å²) in [6.07, 6.45) is 0.631. The van der Waals surface area contributed by atoms with Crippen LogP contribution in [0.2, 0.25) is 5.02 Å². The lowest BCUT2D eigenvalue weighted by atomic mass is 10.2. The van der Waals surface area contributed by atoms with Crippen molar-refractivity contribution < 1.29 is 18.0 Å². The molecule has 0 atom stereocenters. The van der Waals surface area contributed by atoms with E-state index in [9.17, 15) is 18.0 Å². The molecule has 2 aromatic rings. The predicted octanol–water partition coefficient (Wildman–Crippen LogP) is 2.74. The number of anilines is 1. The van der Waals surface area contributed by atoms with Gasteiger partial charge in [-0.3, -0.25) is 9.59 Å². The summed E-state index contributed by atoms with van der Waals surface area (Å²) >= 11 is 5.78. The number of carbonyl (C=O) groups is 2. The number of carbonyl (C=O) groups excluding carboxylic acids is 2. The lowest BCUT2D eigenvalue weighted by molar-refractivity contribution is -0.116. The van der Waals surface area contributed by atoms with Crippen molar-refractivity contribution in [1.82, 2.24) is 9.62 Å². The number of amides is 2. The zero-order valence-corrected chi connectivity index (χ0v) is 17.2. The molecule has 2 rings (SSSR count). The molecular formula is C19H22ClN3O4S. The molecule has 0 aliphatic carbocycles. The summed E-state index contributed by atoms with van der Waals surface area (Å²) in [5.74, 6) is -0.501. The van der Waals surface area contributed by atoms with Gasteiger partial charge >= 0.3 is 0 Å². The number of hydrogen-bond acceptors (Lipinski definition) is 4. The summed E-state index contributed by atoms with van der Waals surface area (Å²) in [5.41, 5.74) is 0.894. The standard InChI is InChI=1S/C19H22ClN3O4S/c1-23(2)28(26,27)17-6-3-5-16(13-17)22-18(24)7-4-12-21-19(25)14-8-10-15(20)11-9-14/h3,5-6,8-11,13H,4,7,12H2,1-2H3,(H,21,25)(H,22,24). The van der Waals surface area contributed by atoms with Gasteiger partial charge < -0.3 is 10.6 Å². The molecule has 0 heterocycles. The fourth-order valence-electron chi connectivity index (χ4n) is 2.32. The Morgan fingerprint density at radius 1 is 1.07 bits per heavy atom. The van der Waals surface area contributed by atoms with Gasteiger partial charge in [0.25, 0.3) is 5.91 Å². The maximum Gasteiger partial charge on any atom is 0.251 e. The third-order valence-corrected chi connectivity index (χ3v) is 5.93. The van der Waals surface area contributed by atoms with Crippen molar-refractivity contribution in [2.75, 3.05) is 26.0 Å². The van der Waals surface area contributed by atoms with Crippen LogP contribution in [0, 0.1) is 0 Å². The minimum absolute atomic E-state index is 0.102. The zero-order chi connectivity index (χ0) is 20.7. The van der Waals surface area contributed by atoms with Crippen LogP contribution in [0.4, 0.5) is 5.69 Å². The van der Waals surface area contributed by atoms with Crippen molar-refractivity contribution >= 4 is 39.1 Å². The molecule has 0 radical (unpaired) electrons. The highest BCUT2D eigenvalue weighted by atomic mass is 35.5. The van der Waals surface area contributed by atoms with E-state index in [0.717, 1.165) is 4.31 Å². The van der Waals surface area contributed by atoms with E-state index in [1.807, 2.05) is 0 Å². The Hall–Kier alpha value is -2.42. The van der Waals surface area contributed by atoms with Crippen LogP contribution in [0.25, 0.3) is 0 Å². The Morgan fingerprint density at radius 3 is 2.39 bits per heavy atom. The molecule has 0 saturated heterocycles. The van der Waals surface area contributed by atoms with Crippen LogP contribution in [-0.4, -0.2) is 45.2 Å². The quantitative estimate of drug-likeness (QED) is 0.638. The first kappa shape index (κ1) is 21.9. The summed E-state index contributed by atoms with van der Waals surface area (Å²) in [6.45, 7) is 0.337. The Balaban J connectivity index is 1.81. The van der Waals surface area contributed by atoms with Gasteiger partial charge in [-0.2, -0.15) is 0 Å². The monoisotopic (exact) mass is 423 g/mol. The predicted molar refractivity (Wildman–Crippen MR) is 109 cm³/mol. The van der Waals surface area contributed by atoms with E-state index in [1.54, 1.807) is 36.4 Å². The van der Waals surface area contributed by atoms with Gasteiger partial charge in [-0.05, 0) is 48.9 Å². The Labute approximate surface area is 169 Å². The summed E-state index contributed by atoms with van der Waals surface area (Å²) in [7, 11) is -0.682. The first-order valence-electron chi connectivity index (χ1n) is 8.56. The topological polar surface area (TPSA) is 95.6 Å². The van der Waals surface area contributed by atoms with E-state index in [2.05, 4.69) is 10.6 Å². The van der Waals surface area contributed by atoms with Crippen molar-refractivity contribution in [3.63, 3.8) is 0 Å². The minimum Gasteiger partial charge on any atom is -0.352 e. The maximum atomic E-state index is 12.1. The second kappa shape index (κ2) is 9.68. The maximum absolute atomic E-state index is 12.1. The summed E-state index contributed by atoms with van der Waals surface area (Å²) in [6, 6.07) is 12.6. The van der Waals surface area contributed by atoms with Gasteiger partial charge in [-0.15, -0.1) is 0 Å². The fraction of sp³-hybridized carbons (Fsp3) is 0.263. The van der Waals surface area contributed by atoms with Gasteiger partial charge in [0.05, 0.1) is 4.90 Å². The van der Waals surface area contributed by atoms with E-state index in [4.69, 9.17) is 11.6 Å². The number of nitrogens with one attached hydrogen (secondary N) is 2. The molecule has 2 aromatic carbocycles. The summed E-state index contributed by atoms with van der Waals surface area (Å²) in [5, 5.41) is 5.95. The zero-order valence-electron chi connectivity index (χ0n) is 15.6. The van der Waals surface area contributed by atoms with Gasteiger partial charge in [0.15, 0.2) is 0 Å². The molecule has 2 N–H and O–H groups in total. The highest BCUT2D eigenvalue weighted by Crippen LogP contribution is 2.18. The molecule has 0 aromatic heterocycles. The molecule has 0 spiro atoms. The highest BCUT2D eigenvalue weighted by molar-refractivity contribution is 7.89. The molecule has 0 fully saturated rings. The molecule has 9 heteroatoms. The first-order valence-corrected chi connectivity index (χ1v) is 10.4. The van der Waals surface area contributed by atoms with Crippen molar-refractivity contribution in [1.29, 1.82) is 0 Å². The molecular weight excluding hydrogens is 402 g/mol. The number of halogens is 1. The number of sulfonamides is 1. The van der Waals surface area contributed by atoms with Crippen molar-refractivity contribution in [2.45, 2.75) is 17.7 Å². The average molecular weight is 424 g/mol. The van der Waals surface area contributed by atoms with Crippen LogP contribution < -0.4 is 10.6 Å². The molecule has 28 heavy (non-hydrogen) atoms. The van der Waals surface area contributed by atoms with Gasteiger partial charge in [-0.1, -0.05) is 17.7 Å². The summed E-state index contributed by atoms with van der Waals surface area (Å²) in [4.78, 5) is 24.1. The van der Waals surface area contributed by atoms with Gasteiger partial charge in [0.1, 0.15) is 0 Å². The van der Waals surface area contributed by atoms with E-state index in [0.29, 0.717) is 29.2 Å². The van der Waals surface area contributed by atoms with Gasteiger partial charge in [0.2, 0.25) is 15.9 Å². The van der Waals surface area contributed by atoms with E-state index < -0.39 is 10.0 Å². The Kier molecular flexibility index (Phi) is 7.56. The number of benzene rings is 2. The molecule has 0 aliphatic rings. The number of rotatable bonds is 8. The largest absolute Gasteiger partial charge is 0.352 e. The average Bonchev–Trinajstić information content (AvgIpc) is 2.65. The van der Waals surface area contributed by atoms with Crippen molar-refractivity contribution in [3.05, 3.63) is 59.1 Å². The first-order chi connectivity index (χ1) is 13.2. The Bertz CT molecular complexity index is 944. The van der Waals surface area contributed by atoms with E-state index in [1.165, 1.54) is 26.2 Å². The summed E-state index contributed by atoms with van der Waals surface area (Å²) < 4.78 is 25.4. The van der Waals surface area contributed by atoms with E-state index >= 15 is 0 Å². The number of nitrogens with zero attached hydrogens (tertiary/aromatic N) is 1. The molecule has 0 bridgehead atoms. The molecule has 0 saturated carbocycles. The second-order valence-corrected chi connectivity index (χ2v) is 8.82. The third-order valence-electron chi connectivity index (χ3n) is 3.87. The van der Waals surface area contributed by atoms with Gasteiger partial charge in [0, 0.05) is 43.3 Å². The van der Waals surface area contributed by atoms with Crippen LogP contribution in [0.3, 0.4) is 0 Å². The molecule has 7 nitrogen and oxygen atoms in total. The molecule has 0 unspecified atom stereocenters. The Morgan fingerprint density at radius 2 is 1.75 bits per heavy atom. The second-order valence-electron chi connectivity index (χ2n) is 6.23. The smallest absolute Gasteiger partial charge is 0.251 e.